The van der Waals surface area contributed by atoms with Crippen molar-refractivity contribution in [1.29, 1.82) is 0 Å². The predicted octanol–water partition coefficient (Wildman–Crippen LogP) is 3.69. The Hall–Kier alpha value is -3.42. The van der Waals surface area contributed by atoms with Gasteiger partial charge in [0.1, 0.15) is 11.5 Å². The third-order valence-corrected chi connectivity index (χ3v) is 4.13. The van der Waals surface area contributed by atoms with Crippen LogP contribution in [-0.4, -0.2) is 26.2 Å². The van der Waals surface area contributed by atoms with Crippen LogP contribution in [0, 0.1) is 27.7 Å². The van der Waals surface area contributed by atoms with Gasteiger partial charge < -0.3 is 14.3 Å². The van der Waals surface area contributed by atoms with Crippen molar-refractivity contribution in [3.8, 4) is 11.3 Å². The highest BCUT2D eigenvalue weighted by atomic mass is 16.5. The van der Waals surface area contributed by atoms with Crippen molar-refractivity contribution in [2.75, 3.05) is 5.32 Å². The predicted molar refractivity (Wildman–Crippen MR) is 95.0 cm³/mol. The lowest BCUT2D eigenvalue weighted by Gasteiger charge is -2.06. The van der Waals surface area contributed by atoms with Gasteiger partial charge in [-0.3, -0.25) is 9.89 Å². The van der Waals surface area contributed by atoms with Crippen LogP contribution in [0.4, 0.5) is 5.82 Å². The monoisotopic (exact) mass is 351 g/mol. The summed E-state index contributed by atoms with van der Waals surface area (Å²) in [5.74, 6) is 1.63. The van der Waals surface area contributed by atoms with Crippen molar-refractivity contribution in [2.24, 2.45) is 0 Å². The fourth-order valence-corrected chi connectivity index (χ4v) is 2.96. The molecule has 2 N–H and O–H groups in total. The highest BCUT2D eigenvalue weighted by Crippen LogP contribution is 2.30. The maximum Gasteiger partial charge on any atom is 0.259 e. The first-order valence-electron chi connectivity index (χ1n) is 8.10. The second-order valence-electron chi connectivity index (χ2n) is 6.22. The van der Waals surface area contributed by atoms with Crippen molar-refractivity contribution in [2.45, 2.75) is 27.7 Å². The molecule has 0 radical (unpaired) electrons. The maximum atomic E-state index is 12.9. The van der Waals surface area contributed by atoms with Crippen LogP contribution in [0.2, 0.25) is 0 Å². The van der Waals surface area contributed by atoms with Crippen LogP contribution in [0.1, 0.15) is 33.3 Å². The summed E-state index contributed by atoms with van der Waals surface area (Å²) in [6.45, 7) is 7.35. The number of hydrogen-bond acceptors (Lipinski definition) is 6. The number of H-pyrrole nitrogens is 1. The largest absolute Gasteiger partial charge is 0.466 e. The molecule has 0 aliphatic heterocycles. The van der Waals surface area contributed by atoms with Gasteiger partial charge >= 0.3 is 0 Å². The Balaban J connectivity index is 1.85. The Morgan fingerprint density at radius 3 is 2.62 bits per heavy atom. The average Bonchev–Trinajstić information content (AvgIpc) is 3.26. The highest BCUT2D eigenvalue weighted by molar-refractivity contribution is 6.12. The number of nitrogens with one attached hydrogen (secondary N) is 2. The van der Waals surface area contributed by atoms with E-state index >= 15 is 0 Å². The SMILES string of the molecule is Cc1cc(NC(=O)c2cc(-c3cc(C)oc3C)nc3onc(C)c23)n[nH]1. The van der Waals surface area contributed by atoms with E-state index in [0.717, 1.165) is 22.8 Å². The van der Waals surface area contributed by atoms with E-state index < -0.39 is 0 Å². The maximum absolute atomic E-state index is 12.9. The molecule has 4 heterocycles. The smallest absolute Gasteiger partial charge is 0.259 e. The Morgan fingerprint density at radius 2 is 1.96 bits per heavy atom. The Bertz CT molecular complexity index is 1140. The Labute approximate surface area is 148 Å². The molecule has 0 fully saturated rings. The lowest BCUT2D eigenvalue weighted by molar-refractivity contribution is 0.102. The molecule has 4 aromatic heterocycles. The van der Waals surface area contributed by atoms with E-state index in [2.05, 4.69) is 25.7 Å². The number of anilines is 1. The van der Waals surface area contributed by atoms with E-state index in [1.807, 2.05) is 26.8 Å². The van der Waals surface area contributed by atoms with Gasteiger partial charge in [-0.05, 0) is 39.8 Å². The molecule has 0 saturated heterocycles. The van der Waals surface area contributed by atoms with Gasteiger partial charge in [-0.25, -0.2) is 4.98 Å². The first-order chi connectivity index (χ1) is 12.4. The third kappa shape index (κ3) is 2.65. The second kappa shape index (κ2) is 5.83. The summed E-state index contributed by atoms with van der Waals surface area (Å²) >= 11 is 0. The summed E-state index contributed by atoms with van der Waals surface area (Å²) in [7, 11) is 0. The molecule has 4 rings (SSSR count). The van der Waals surface area contributed by atoms with E-state index in [4.69, 9.17) is 8.94 Å². The first-order valence-corrected chi connectivity index (χ1v) is 8.10. The molecule has 8 heteroatoms. The number of fused-ring (bicyclic) bond motifs is 1. The van der Waals surface area contributed by atoms with Crippen molar-refractivity contribution in [1.82, 2.24) is 20.3 Å². The van der Waals surface area contributed by atoms with Gasteiger partial charge in [0, 0.05) is 17.3 Å². The lowest BCUT2D eigenvalue weighted by atomic mass is 10.1. The van der Waals surface area contributed by atoms with Crippen LogP contribution in [0.15, 0.2) is 27.1 Å². The summed E-state index contributed by atoms with van der Waals surface area (Å²) < 4.78 is 10.9. The van der Waals surface area contributed by atoms with Gasteiger partial charge in [-0.15, -0.1) is 0 Å². The molecule has 0 aromatic carbocycles. The van der Waals surface area contributed by atoms with Crippen molar-refractivity contribution in [3.05, 3.63) is 46.7 Å². The minimum absolute atomic E-state index is 0.307. The van der Waals surface area contributed by atoms with Crippen LogP contribution in [0.5, 0.6) is 0 Å². The molecule has 1 amide bonds. The van der Waals surface area contributed by atoms with Crippen LogP contribution in [-0.2, 0) is 0 Å². The van der Waals surface area contributed by atoms with Crippen LogP contribution < -0.4 is 5.32 Å². The third-order valence-electron chi connectivity index (χ3n) is 4.13. The zero-order valence-corrected chi connectivity index (χ0v) is 14.8. The zero-order chi connectivity index (χ0) is 18.4. The fraction of sp³-hybridized carbons (Fsp3) is 0.222. The van der Waals surface area contributed by atoms with E-state index in [1.54, 1.807) is 19.1 Å². The summed E-state index contributed by atoms with van der Waals surface area (Å²) in [6.07, 6.45) is 0. The van der Waals surface area contributed by atoms with Crippen molar-refractivity contribution in [3.63, 3.8) is 0 Å². The van der Waals surface area contributed by atoms with E-state index in [0.29, 0.717) is 33.9 Å². The molecule has 0 atom stereocenters. The molecule has 0 bridgehead atoms. The number of amides is 1. The Morgan fingerprint density at radius 1 is 1.15 bits per heavy atom. The van der Waals surface area contributed by atoms with Crippen molar-refractivity contribution < 1.29 is 13.7 Å². The van der Waals surface area contributed by atoms with Crippen LogP contribution >= 0.6 is 0 Å². The van der Waals surface area contributed by atoms with Gasteiger partial charge in [-0.2, -0.15) is 5.10 Å². The average molecular weight is 351 g/mol. The normalized spacial score (nSPS) is 11.2. The van der Waals surface area contributed by atoms with E-state index in [1.165, 1.54) is 0 Å². The van der Waals surface area contributed by atoms with Crippen LogP contribution in [0.3, 0.4) is 0 Å². The molecule has 132 valence electrons. The zero-order valence-electron chi connectivity index (χ0n) is 14.8. The number of pyridine rings is 1. The summed E-state index contributed by atoms with van der Waals surface area (Å²) in [5.41, 5.74) is 3.58. The Kier molecular flexibility index (Phi) is 3.61. The minimum atomic E-state index is -0.311. The number of aromatic amines is 1. The minimum Gasteiger partial charge on any atom is -0.466 e. The lowest BCUT2D eigenvalue weighted by Crippen LogP contribution is -2.13. The number of hydrogen-bond donors (Lipinski definition) is 2. The first kappa shape index (κ1) is 16.1. The summed E-state index contributed by atoms with van der Waals surface area (Å²) in [6, 6.07) is 5.35. The number of carbonyl (C=O) groups excluding carboxylic acids is 1. The molecule has 0 spiro atoms. The number of aryl methyl sites for hydroxylation is 4. The number of nitrogens with zero attached hydrogens (tertiary/aromatic N) is 3. The number of rotatable bonds is 3. The van der Waals surface area contributed by atoms with Gasteiger partial charge in [0.2, 0.25) is 0 Å². The van der Waals surface area contributed by atoms with Gasteiger partial charge in [0.05, 0.1) is 22.3 Å². The molecule has 0 aliphatic rings. The highest BCUT2D eigenvalue weighted by Gasteiger charge is 2.21. The number of aromatic nitrogens is 4. The van der Waals surface area contributed by atoms with Gasteiger partial charge in [-0.1, -0.05) is 5.16 Å². The molecular formula is C18H17N5O3. The molecule has 8 nitrogen and oxygen atoms in total. The standard InChI is InChI=1S/C18H17N5O3/c1-8-5-15(22-21-8)20-17(24)13-7-14(12-6-9(2)25-11(12)4)19-18-16(13)10(3)23-26-18/h5-7H,1-4H3,(H2,20,21,22,24). The molecule has 26 heavy (non-hydrogen) atoms. The molecule has 0 saturated carbocycles. The second-order valence-corrected chi connectivity index (χ2v) is 6.22. The summed E-state index contributed by atoms with van der Waals surface area (Å²) in [5, 5.41) is 14.2. The van der Waals surface area contributed by atoms with Crippen molar-refractivity contribution >= 4 is 22.8 Å². The molecular weight excluding hydrogens is 334 g/mol. The van der Waals surface area contributed by atoms with Gasteiger partial charge in [0.25, 0.3) is 11.6 Å². The number of furan rings is 1. The van der Waals surface area contributed by atoms with Crippen LogP contribution in [0.25, 0.3) is 22.4 Å². The van der Waals surface area contributed by atoms with E-state index in [-0.39, 0.29) is 5.91 Å². The number of carbonyl (C=O) groups is 1. The van der Waals surface area contributed by atoms with E-state index in [9.17, 15) is 4.79 Å². The fourth-order valence-electron chi connectivity index (χ4n) is 2.96. The molecule has 4 aromatic rings. The summed E-state index contributed by atoms with van der Waals surface area (Å²) in [4.78, 5) is 17.4. The molecule has 0 unspecified atom stereocenters. The van der Waals surface area contributed by atoms with Gasteiger partial charge in [0.15, 0.2) is 5.82 Å². The quantitative estimate of drug-likeness (QED) is 0.582. The molecule has 0 aliphatic carbocycles. The topological polar surface area (TPSA) is 110 Å².